The van der Waals surface area contributed by atoms with E-state index in [4.69, 9.17) is 11.0 Å². The summed E-state index contributed by atoms with van der Waals surface area (Å²) in [4.78, 5) is 23.6. The Kier molecular flexibility index (Phi) is 3.62. The van der Waals surface area contributed by atoms with Crippen molar-refractivity contribution in [3.63, 3.8) is 0 Å². The lowest BCUT2D eigenvalue weighted by Gasteiger charge is -2.14. The molecule has 0 fully saturated rings. The van der Waals surface area contributed by atoms with E-state index >= 15 is 0 Å². The number of benzene rings is 1. The summed E-state index contributed by atoms with van der Waals surface area (Å²) in [5, 5.41) is 8.68. The fourth-order valence-corrected chi connectivity index (χ4v) is 1.25. The van der Waals surface area contributed by atoms with Gasteiger partial charge in [0.15, 0.2) is 0 Å². The third-order valence-electron chi connectivity index (χ3n) is 1.98. The lowest BCUT2D eigenvalue weighted by molar-refractivity contribution is -0.118. The molecule has 82 valence electrons. The van der Waals surface area contributed by atoms with Crippen molar-refractivity contribution >= 4 is 11.8 Å². The lowest BCUT2D eigenvalue weighted by atomic mass is 10.1. The van der Waals surface area contributed by atoms with Gasteiger partial charge in [0.2, 0.25) is 5.91 Å². The van der Waals surface area contributed by atoms with Crippen molar-refractivity contribution in [2.45, 2.75) is 0 Å². The summed E-state index contributed by atoms with van der Waals surface area (Å²) in [6.45, 7) is -0.143. The quantitative estimate of drug-likeness (QED) is 0.779. The second-order valence-corrected chi connectivity index (χ2v) is 3.32. The van der Waals surface area contributed by atoms with Crippen molar-refractivity contribution in [2.75, 3.05) is 13.6 Å². The molecule has 0 spiro atoms. The van der Waals surface area contributed by atoms with Crippen molar-refractivity contribution in [3.05, 3.63) is 35.4 Å². The monoisotopic (exact) mass is 217 g/mol. The largest absolute Gasteiger partial charge is 0.368 e. The zero-order chi connectivity index (χ0) is 12.1. The third-order valence-corrected chi connectivity index (χ3v) is 1.98. The third kappa shape index (κ3) is 2.82. The van der Waals surface area contributed by atoms with Crippen LogP contribution in [0.15, 0.2) is 24.3 Å². The summed E-state index contributed by atoms with van der Waals surface area (Å²) in [5.41, 5.74) is 5.75. The molecule has 1 rings (SSSR count). The smallest absolute Gasteiger partial charge is 0.254 e. The van der Waals surface area contributed by atoms with E-state index in [1.165, 1.54) is 18.0 Å². The normalized spacial score (nSPS) is 9.25. The van der Waals surface area contributed by atoms with E-state index < -0.39 is 5.91 Å². The highest BCUT2D eigenvalue weighted by Crippen LogP contribution is 2.06. The van der Waals surface area contributed by atoms with Crippen LogP contribution in [-0.2, 0) is 4.79 Å². The van der Waals surface area contributed by atoms with E-state index in [0.717, 1.165) is 0 Å². The predicted octanol–water partition coefficient (Wildman–Crippen LogP) is 0.116. The minimum Gasteiger partial charge on any atom is -0.368 e. The van der Waals surface area contributed by atoms with Gasteiger partial charge in [-0.05, 0) is 18.2 Å². The van der Waals surface area contributed by atoms with Crippen LogP contribution in [0.25, 0.3) is 0 Å². The van der Waals surface area contributed by atoms with Gasteiger partial charge in [-0.2, -0.15) is 5.26 Å². The van der Waals surface area contributed by atoms with Gasteiger partial charge >= 0.3 is 0 Å². The average Bonchev–Trinajstić information content (AvgIpc) is 2.27. The van der Waals surface area contributed by atoms with Gasteiger partial charge in [-0.1, -0.05) is 6.07 Å². The Hall–Kier alpha value is -2.35. The van der Waals surface area contributed by atoms with Crippen LogP contribution >= 0.6 is 0 Å². The maximum atomic E-state index is 11.8. The molecule has 2 N–H and O–H groups in total. The number of carbonyl (C=O) groups is 2. The number of nitrogens with two attached hydrogens (primary N) is 1. The van der Waals surface area contributed by atoms with Crippen molar-refractivity contribution < 1.29 is 9.59 Å². The topological polar surface area (TPSA) is 87.2 Å². The van der Waals surface area contributed by atoms with Gasteiger partial charge in [-0.15, -0.1) is 0 Å². The van der Waals surface area contributed by atoms with Crippen molar-refractivity contribution in [1.29, 1.82) is 5.26 Å². The molecular formula is C11H11N3O2. The zero-order valence-corrected chi connectivity index (χ0v) is 8.80. The molecule has 0 bridgehead atoms. The minimum absolute atomic E-state index is 0.143. The van der Waals surface area contributed by atoms with Gasteiger partial charge in [0.05, 0.1) is 18.2 Å². The zero-order valence-electron chi connectivity index (χ0n) is 8.80. The van der Waals surface area contributed by atoms with Crippen LogP contribution in [0.5, 0.6) is 0 Å². The Morgan fingerprint density at radius 3 is 2.75 bits per heavy atom. The Morgan fingerprint density at radius 1 is 1.50 bits per heavy atom. The van der Waals surface area contributed by atoms with E-state index in [9.17, 15) is 9.59 Å². The van der Waals surface area contributed by atoms with E-state index in [0.29, 0.717) is 11.1 Å². The molecular weight excluding hydrogens is 206 g/mol. The fraction of sp³-hybridized carbons (Fsp3) is 0.182. The van der Waals surface area contributed by atoms with Crippen LogP contribution in [-0.4, -0.2) is 30.3 Å². The summed E-state index contributed by atoms with van der Waals surface area (Å²) in [6.07, 6.45) is 0. The number of nitrogens with zero attached hydrogens (tertiary/aromatic N) is 2. The number of amides is 2. The van der Waals surface area contributed by atoms with Crippen molar-refractivity contribution in [3.8, 4) is 6.07 Å². The lowest BCUT2D eigenvalue weighted by Crippen LogP contribution is -2.35. The number of likely N-dealkylation sites (N-methyl/N-ethyl adjacent to an activating group) is 1. The Labute approximate surface area is 93.1 Å². The molecule has 0 aliphatic heterocycles. The molecule has 0 saturated heterocycles. The first kappa shape index (κ1) is 11.7. The highest BCUT2D eigenvalue weighted by atomic mass is 16.2. The molecule has 0 atom stereocenters. The first-order valence-corrected chi connectivity index (χ1v) is 4.58. The molecule has 0 unspecified atom stereocenters. The standard InChI is InChI=1S/C11H11N3O2/c1-14(7-10(13)15)11(16)9-4-2-3-8(5-9)6-12/h2-5H,7H2,1H3,(H2,13,15). The predicted molar refractivity (Wildman–Crippen MR) is 57.3 cm³/mol. The van der Waals surface area contributed by atoms with Crippen LogP contribution in [0, 0.1) is 11.3 Å². The molecule has 1 aromatic carbocycles. The molecule has 5 nitrogen and oxygen atoms in total. The van der Waals surface area contributed by atoms with Crippen LogP contribution in [0.1, 0.15) is 15.9 Å². The van der Waals surface area contributed by atoms with Crippen LogP contribution in [0.3, 0.4) is 0 Å². The average molecular weight is 217 g/mol. The molecule has 5 heteroatoms. The molecule has 0 radical (unpaired) electrons. The van der Waals surface area contributed by atoms with Crippen LogP contribution in [0.2, 0.25) is 0 Å². The number of hydrogen-bond acceptors (Lipinski definition) is 3. The maximum Gasteiger partial charge on any atom is 0.254 e. The Morgan fingerprint density at radius 2 is 2.19 bits per heavy atom. The van der Waals surface area contributed by atoms with E-state index in [1.54, 1.807) is 18.2 Å². The summed E-state index contributed by atoms with van der Waals surface area (Å²) in [5.74, 6) is -0.914. The summed E-state index contributed by atoms with van der Waals surface area (Å²) >= 11 is 0. The van der Waals surface area contributed by atoms with Gasteiger partial charge in [0, 0.05) is 12.6 Å². The summed E-state index contributed by atoms with van der Waals surface area (Å²) in [6, 6.07) is 8.21. The highest BCUT2D eigenvalue weighted by molar-refractivity contribution is 5.96. The van der Waals surface area contributed by atoms with Gasteiger partial charge < -0.3 is 10.6 Å². The van der Waals surface area contributed by atoms with E-state index in [-0.39, 0.29) is 12.5 Å². The van der Waals surface area contributed by atoms with Crippen LogP contribution in [0.4, 0.5) is 0 Å². The maximum absolute atomic E-state index is 11.8. The number of nitriles is 1. The Bertz CT molecular complexity index is 463. The highest BCUT2D eigenvalue weighted by Gasteiger charge is 2.13. The van der Waals surface area contributed by atoms with Gasteiger partial charge in [-0.3, -0.25) is 9.59 Å². The van der Waals surface area contributed by atoms with Gasteiger partial charge in [0.1, 0.15) is 0 Å². The second kappa shape index (κ2) is 4.94. The molecule has 1 aromatic rings. The minimum atomic E-state index is -0.577. The van der Waals surface area contributed by atoms with E-state index in [1.807, 2.05) is 6.07 Å². The SMILES string of the molecule is CN(CC(N)=O)C(=O)c1cccc(C#N)c1. The van der Waals surface area contributed by atoms with Gasteiger partial charge in [0.25, 0.3) is 5.91 Å². The molecule has 0 saturated carbocycles. The second-order valence-electron chi connectivity index (χ2n) is 3.32. The number of carbonyl (C=O) groups excluding carboxylic acids is 2. The molecule has 2 amide bonds. The molecule has 0 heterocycles. The molecule has 0 aliphatic rings. The van der Waals surface area contributed by atoms with E-state index in [2.05, 4.69) is 0 Å². The summed E-state index contributed by atoms with van der Waals surface area (Å²) < 4.78 is 0. The molecule has 0 aromatic heterocycles. The van der Waals surface area contributed by atoms with Gasteiger partial charge in [-0.25, -0.2) is 0 Å². The number of rotatable bonds is 3. The number of primary amides is 1. The summed E-state index contributed by atoms with van der Waals surface area (Å²) in [7, 11) is 1.48. The molecule has 16 heavy (non-hydrogen) atoms. The molecule has 0 aliphatic carbocycles. The van der Waals surface area contributed by atoms with Crippen LogP contribution < -0.4 is 5.73 Å². The van der Waals surface area contributed by atoms with Crippen molar-refractivity contribution in [2.24, 2.45) is 5.73 Å². The number of hydrogen-bond donors (Lipinski definition) is 1. The first-order chi connectivity index (χ1) is 7.54. The Balaban J connectivity index is 2.88. The van der Waals surface area contributed by atoms with Crippen molar-refractivity contribution in [1.82, 2.24) is 4.90 Å². The fourth-order valence-electron chi connectivity index (χ4n) is 1.25. The first-order valence-electron chi connectivity index (χ1n) is 4.58.